The van der Waals surface area contributed by atoms with Gasteiger partial charge in [-0.2, -0.15) is 0 Å². The molecule has 76 valence electrons. The molecule has 0 aromatic rings. The van der Waals surface area contributed by atoms with E-state index in [2.05, 4.69) is 18.9 Å². The monoisotopic (exact) mass is 183 g/mol. The first kappa shape index (κ1) is 10.7. The van der Waals surface area contributed by atoms with Gasteiger partial charge in [-0.3, -0.25) is 0 Å². The average Bonchev–Trinajstić information content (AvgIpc) is 2.65. The van der Waals surface area contributed by atoms with Crippen LogP contribution >= 0.6 is 0 Å². The summed E-state index contributed by atoms with van der Waals surface area (Å²) >= 11 is 0. The molecule has 1 aliphatic rings. The van der Waals surface area contributed by atoms with E-state index in [0.29, 0.717) is 0 Å². The van der Waals surface area contributed by atoms with Crippen LogP contribution in [0.3, 0.4) is 0 Å². The highest BCUT2D eigenvalue weighted by atomic mass is 16.1. The zero-order valence-corrected chi connectivity index (χ0v) is 9.21. The third kappa shape index (κ3) is 3.47. The molecule has 1 aliphatic carbocycles. The Morgan fingerprint density at radius 1 is 1.54 bits per heavy atom. The number of hydrogen-bond donors (Lipinski definition) is 0. The van der Waals surface area contributed by atoms with Crippen LogP contribution in [0.1, 0.15) is 27.2 Å². The normalized spacial score (nSPS) is 27.8. The van der Waals surface area contributed by atoms with Crippen molar-refractivity contribution in [3.05, 3.63) is 0 Å². The van der Waals surface area contributed by atoms with Crippen molar-refractivity contribution >= 4 is 6.29 Å². The zero-order valence-electron chi connectivity index (χ0n) is 9.21. The molecule has 2 unspecified atom stereocenters. The maximum atomic E-state index is 10.7. The van der Waals surface area contributed by atoms with Crippen LogP contribution < -0.4 is 0 Å². The Morgan fingerprint density at radius 3 is 2.46 bits per heavy atom. The molecule has 0 amide bonds. The minimum Gasteiger partial charge on any atom is -0.305 e. The summed E-state index contributed by atoms with van der Waals surface area (Å²) in [4.78, 5) is 13.0. The Balaban J connectivity index is 2.24. The van der Waals surface area contributed by atoms with Crippen LogP contribution in [-0.4, -0.2) is 31.3 Å². The molecule has 0 aromatic heterocycles. The lowest BCUT2D eigenvalue weighted by Gasteiger charge is -2.25. The van der Waals surface area contributed by atoms with Crippen LogP contribution in [0, 0.1) is 17.3 Å². The predicted molar refractivity (Wildman–Crippen MR) is 54.6 cm³/mol. The first-order valence-corrected chi connectivity index (χ1v) is 5.09. The molecule has 0 heterocycles. The van der Waals surface area contributed by atoms with Crippen molar-refractivity contribution in [3.8, 4) is 0 Å². The Kier molecular flexibility index (Phi) is 3.12. The highest BCUT2D eigenvalue weighted by molar-refractivity contribution is 5.58. The van der Waals surface area contributed by atoms with Crippen LogP contribution in [0.4, 0.5) is 0 Å². The van der Waals surface area contributed by atoms with E-state index in [1.54, 1.807) is 0 Å². The first-order chi connectivity index (χ1) is 5.94. The van der Waals surface area contributed by atoms with Gasteiger partial charge in [0, 0.05) is 18.5 Å². The van der Waals surface area contributed by atoms with Crippen LogP contribution in [0.15, 0.2) is 0 Å². The van der Waals surface area contributed by atoms with Gasteiger partial charge in [0.2, 0.25) is 0 Å². The third-order valence-corrected chi connectivity index (χ3v) is 2.82. The second-order valence-electron chi connectivity index (χ2n) is 5.28. The highest BCUT2D eigenvalue weighted by Gasteiger charge is 2.33. The molecule has 1 rings (SSSR count). The molecular weight excluding hydrogens is 162 g/mol. The van der Waals surface area contributed by atoms with Gasteiger partial charge in [-0.1, -0.05) is 20.8 Å². The fourth-order valence-corrected chi connectivity index (χ4v) is 1.85. The Labute approximate surface area is 81.3 Å². The smallest absolute Gasteiger partial charge is 0.126 e. The van der Waals surface area contributed by atoms with Gasteiger partial charge in [0.15, 0.2) is 0 Å². The maximum absolute atomic E-state index is 10.7. The van der Waals surface area contributed by atoms with E-state index in [9.17, 15) is 4.79 Å². The molecule has 2 atom stereocenters. The molecular formula is C11H21NO. The molecule has 1 saturated carbocycles. The lowest BCUT2D eigenvalue weighted by Crippen LogP contribution is -2.33. The van der Waals surface area contributed by atoms with E-state index in [4.69, 9.17) is 0 Å². The summed E-state index contributed by atoms with van der Waals surface area (Å²) in [5, 5.41) is 0. The van der Waals surface area contributed by atoms with Crippen molar-refractivity contribution in [1.29, 1.82) is 0 Å². The third-order valence-electron chi connectivity index (χ3n) is 2.82. The molecule has 0 aromatic carbocycles. The number of hydrogen-bond acceptors (Lipinski definition) is 2. The SMILES string of the molecule is CC1CC1CN(C)CC(C)(C)C=O. The fourth-order valence-electron chi connectivity index (χ4n) is 1.85. The minimum atomic E-state index is -0.188. The topological polar surface area (TPSA) is 20.3 Å². The molecule has 13 heavy (non-hydrogen) atoms. The maximum Gasteiger partial charge on any atom is 0.126 e. The second kappa shape index (κ2) is 3.79. The largest absolute Gasteiger partial charge is 0.305 e. The van der Waals surface area contributed by atoms with Crippen LogP contribution in [-0.2, 0) is 4.79 Å². The van der Waals surface area contributed by atoms with Gasteiger partial charge in [-0.05, 0) is 25.3 Å². The molecule has 0 spiro atoms. The number of carbonyl (C=O) groups is 1. The summed E-state index contributed by atoms with van der Waals surface area (Å²) in [6, 6.07) is 0. The van der Waals surface area contributed by atoms with E-state index in [1.165, 1.54) is 6.42 Å². The molecule has 0 radical (unpaired) electrons. The van der Waals surface area contributed by atoms with E-state index >= 15 is 0 Å². The van der Waals surface area contributed by atoms with Gasteiger partial charge in [0.25, 0.3) is 0 Å². The molecule has 0 bridgehead atoms. The van der Waals surface area contributed by atoms with Gasteiger partial charge in [-0.25, -0.2) is 0 Å². The van der Waals surface area contributed by atoms with E-state index in [-0.39, 0.29) is 5.41 Å². The molecule has 0 saturated heterocycles. The van der Waals surface area contributed by atoms with Crippen molar-refractivity contribution in [2.75, 3.05) is 20.1 Å². The van der Waals surface area contributed by atoms with Gasteiger partial charge in [0.1, 0.15) is 6.29 Å². The van der Waals surface area contributed by atoms with Gasteiger partial charge in [-0.15, -0.1) is 0 Å². The number of rotatable bonds is 5. The summed E-state index contributed by atoms with van der Waals surface area (Å²) in [7, 11) is 2.11. The molecule has 0 N–H and O–H groups in total. The minimum absolute atomic E-state index is 0.188. The molecule has 1 fully saturated rings. The Morgan fingerprint density at radius 2 is 2.08 bits per heavy atom. The van der Waals surface area contributed by atoms with Crippen molar-refractivity contribution in [3.63, 3.8) is 0 Å². The Bertz CT molecular complexity index is 189. The van der Waals surface area contributed by atoms with Crippen molar-refractivity contribution < 1.29 is 4.79 Å². The van der Waals surface area contributed by atoms with Crippen LogP contribution in [0.2, 0.25) is 0 Å². The summed E-state index contributed by atoms with van der Waals surface area (Å²) in [6.45, 7) is 8.31. The van der Waals surface area contributed by atoms with Gasteiger partial charge >= 0.3 is 0 Å². The first-order valence-electron chi connectivity index (χ1n) is 5.09. The van der Waals surface area contributed by atoms with E-state index in [1.807, 2.05) is 13.8 Å². The van der Waals surface area contributed by atoms with Crippen molar-refractivity contribution in [1.82, 2.24) is 4.90 Å². The van der Waals surface area contributed by atoms with Crippen LogP contribution in [0.25, 0.3) is 0 Å². The van der Waals surface area contributed by atoms with Crippen LogP contribution in [0.5, 0.6) is 0 Å². The fraction of sp³-hybridized carbons (Fsp3) is 0.909. The summed E-state index contributed by atoms with van der Waals surface area (Å²) in [6.07, 6.45) is 2.42. The summed E-state index contributed by atoms with van der Waals surface area (Å²) < 4.78 is 0. The number of aldehydes is 1. The number of nitrogens with zero attached hydrogens (tertiary/aromatic N) is 1. The molecule has 0 aliphatic heterocycles. The summed E-state index contributed by atoms with van der Waals surface area (Å²) in [5.74, 6) is 1.79. The van der Waals surface area contributed by atoms with Gasteiger partial charge in [0.05, 0.1) is 0 Å². The lowest BCUT2D eigenvalue weighted by molar-refractivity contribution is -0.115. The number of carbonyl (C=O) groups excluding carboxylic acids is 1. The molecule has 2 nitrogen and oxygen atoms in total. The highest BCUT2D eigenvalue weighted by Crippen LogP contribution is 2.38. The van der Waals surface area contributed by atoms with E-state index < -0.39 is 0 Å². The second-order valence-corrected chi connectivity index (χ2v) is 5.28. The van der Waals surface area contributed by atoms with Crippen molar-refractivity contribution in [2.45, 2.75) is 27.2 Å². The quantitative estimate of drug-likeness (QED) is 0.606. The van der Waals surface area contributed by atoms with E-state index in [0.717, 1.165) is 31.2 Å². The van der Waals surface area contributed by atoms with Crippen molar-refractivity contribution in [2.24, 2.45) is 17.3 Å². The molecule has 2 heteroatoms. The van der Waals surface area contributed by atoms with Gasteiger partial charge < -0.3 is 9.69 Å². The zero-order chi connectivity index (χ0) is 10.1. The average molecular weight is 183 g/mol. The predicted octanol–water partition coefficient (Wildman–Crippen LogP) is 1.80. The summed E-state index contributed by atoms with van der Waals surface area (Å²) in [5.41, 5.74) is -0.188. The Hall–Kier alpha value is -0.370. The lowest BCUT2D eigenvalue weighted by atomic mass is 9.95. The standard InChI is InChI=1S/C11H21NO/c1-9-5-10(9)6-12(4)7-11(2,3)8-13/h8-10H,5-7H2,1-4H3.